The third-order valence-corrected chi connectivity index (χ3v) is 3.43. The molecule has 0 bridgehead atoms. The van der Waals surface area contributed by atoms with Crippen LogP contribution in [0.4, 0.5) is 5.82 Å². The van der Waals surface area contributed by atoms with Gasteiger partial charge in [-0.15, -0.1) is 0 Å². The summed E-state index contributed by atoms with van der Waals surface area (Å²) in [7, 11) is 0. The second-order valence-corrected chi connectivity index (χ2v) is 4.58. The first-order valence-electron chi connectivity index (χ1n) is 5.73. The number of nitrogens with zero attached hydrogens (tertiary/aromatic N) is 2. The Kier molecular flexibility index (Phi) is 2.14. The van der Waals surface area contributed by atoms with E-state index in [0.29, 0.717) is 18.7 Å². The van der Waals surface area contributed by atoms with E-state index >= 15 is 0 Å². The molecule has 0 radical (unpaired) electrons. The number of allylic oxidation sites excluding steroid dienone is 2. The zero-order chi connectivity index (χ0) is 12.0. The van der Waals surface area contributed by atoms with Crippen LogP contribution >= 0.6 is 0 Å². The van der Waals surface area contributed by atoms with Crippen LogP contribution in [-0.2, 0) is 9.59 Å². The third kappa shape index (κ3) is 1.42. The van der Waals surface area contributed by atoms with Crippen LogP contribution in [0.3, 0.4) is 0 Å². The highest BCUT2D eigenvalue weighted by Crippen LogP contribution is 2.36. The molecular weight excluding hydrogens is 218 g/mol. The molecule has 2 aliphatic rings. The summed E-state index contributed by atoms with van der Waals surface area (Å²) in [6.07, 6.45) is 5.28. The zero-order valence-electron chi connectivity index (χ0n) is 9.51. The van der Waals surface area contributed by atoms with Crippen molar-refractivity contribution in [2.24, 2.45) is 11.8 Å². The molecule has 88 valence electrons. The van der Waals surface area contributed by atoms with Crippen LogP contribution in [-0.4, -0.2) is 22.0 Å². The van der Waals surface area contributed by atoms with Crippen LogP contribution < -0.4 is 4.90 Å². The number of carbonyl (C=O) groups excluding carboxylic acids is 2. The summed E-state index contributed by atoms with van der Waals surface area (Å²) in [5, 5.41) is 6.75. The van der Waals surface area contributed by atoms with Crippen molar-refractivity contribution in [2.75, 3.05) is 4.90 Å². The summed E-state index contributed by atoms with van der Waals surface area (Å²) >= 11 is 0. The van der Waals surface area contributed by atoms with Crippen molar-refractivity contribution in [3.8, 4) is 0 Å². The minimum Gasteiger partial charge on any atom is -0.281 e. The topological polar surface area (TPSA) is 66.1 Å². The lowest BCUT2D eigenvalue weighted by atomic mass is 9.85. The quantitative estimate of drug-likeness (QED) is 0.583. The third-order valence-electron chi connectivity index (χ3n) is 3.43. The predicted octanol–water partition coefficient (Wildman–Crippen LogP) is 1.17. The number of imide groups is 1. The molecule has 1 aromatic rings. The molecule has 0 aromatic carbocycles. The van der Waals surface area contributed by atoms with Gasteiger partial charge in [-0.1, -0.05) is 12.2 Å². The smallest absolute Gasteiger partial charge is 0.239 e. The van der Waals surface area contributed by atoms with E-state index in [1.54, 1.807) is 6.07 Å². The van der Waals surface area contributed by atoms with Crippen molar-refractivity contribution >= 4 is 17.6 Å². The maximum absolute atomic E-state index is 12.2. The zero-order valence-corrected chi connectivity index (χ0v) is 9.51. The normalized spacial score (nSPS) is 27.7. The summed E-state index contributed by atoms with van der Waals surface area (Å²) in [5.74, 6) is -0.187. The van der Waals surface area contributed by atoms with E-state index < -0.39 is 0 Å². The Hall–Kier alpha value is -1.91. The fraction of sp³-hybridized carbons (Fsp3) is 0.417. The van der Waals surface area contributed by atoms with Gasteiger partial charge in [0.2, 0.25) is 11.8 Å². The standard InChI is InChI=1S/C12H13N3O2/c1-7-6-10(14-13-7)15-11(16)8-4-2-3-5-9(8)12(15)17/h2-3,6,8-9H,4-5H2,1H3,(H,13,14)/t8-,9-/m1/s1. The van der Waals surface area contributed by atoms with Crippen LogP contribution in [0, 0.1) is 18.8 Å². The highest BCUT2D eigenvalue weighted by atomic mass is 16.2. The predicted molar refractivity (Wildman–Crippen MR) is 61.2 cm³/mol. The van der Waals surface area contributed by atoms with Gasteiger partial charge in [0, 0.05) is 11.8 Å². The minimum atomic E-state index is -0.190. The van der Waals surface area contributed by atoms with Crippen molar-refractivity contribution in [2.45, 2.75) is 19.8 Å². The first kappa shape index (κ1) is 10.3. The molecule has 1 aromatic heterocycles. The number of carbonyl (C=O) groups is 2. The summed E-state index contributed by atoms with van der Waals surface area (Å²) in [5.41, 5.74) is 0.841. The average Bonchev–Trinajstić information content (AvgIpc) is 2.84. The molecule has 1 N–H and O–H groups in total. The van der Waals surface area contributed by atoms with Gasteiger partial charge in [-0.3, -0.25) is 14.7 Å². The molecule has 5 heteroatoms. The van der Waals surface area contributed by atoms with Gasteiger partial charge in [-0.05, 0) is 19.8 Å². The maximum atomic E-state index is 12.2. The van der Waals surface area contributed by atoms with Gasteiger partial charge >= 0.3 is 0 Å². The molecule has 2 atom stereocenters. The van der Waals surface area contributed by atoms with Gasteiger partial charge in [0.1, 0.15) is 0 Å². The van der Waals surface area contributed by atoms with Crippen molar-refractivity contribution in [1.29, 1.82) is 0 Å². The average molecular weight is 231 g/mol. The van der Waals surface area contributed by atoms with Gasteiger partial charge in [-0.25, -0.2) is 4.90 Å². The summed E-state index contributed by atoms with van der Waals surface area (Å²) in [6, 6.07) is 1.72. The van der Waals surface area contributed by atoms with Gasteiger partial charge in [0.05, 0.1) is 11.8 Å². The molecule has 2 amide bonds. The Bertz CT molecular complexity index is 492. The Morgan fingerprint density at radius 2 is 1.82 bits per heavy atom. The Morgan fingerprint density at radius 3 is 2.29 bits per heavy atom. The van der Waals surface area contributed by atoms with Gasteiger partial charge < -0.3 is 0 Å². The van der Waals surface area contributed by atoms with Crippen LogP contribution in [0.15, 0.2) is 18.2 Å². The number of aromatic amines is 1. The molecule has 17 heavy (non-hydrogen) atoms. The molecule has 1 aliphatic carbocycles. The van der Waals surface area contributed by atoms with E-state index in [4.69, 9.17) is 0 Å². The number of H-pyrrole nitrogens is 1. The SMILES string of the molecule is Cc1cc(N2C(=O)[C@@H]3CC=CC[C@H]3C2=O)n[nH]1. The number of aromatic nitrogens is 2. The van der Waals surface area contributed by atoms with Crippen molar-refractivity contribution in [3.05, 3.63) is 23.9 Å². The first-order chi connectivity index (χ1) is 8.18. The molecule has 1 aliphatic heterocycles. The number of anilines is 1. The van der Waals surface area contributed by atoms with E-state index in [2.05, 4.69) is 10.2 Å². The van der Waals surface area contributed by atoms with Crippen LogP contribution in [0.5, 0.6) is 0 Å². The van der Waals surface area contributed by atoms with Crippen molar-refractivity contribution < 1.29 is 9.59 Å². The van der Waals surface area contributed by atoms with Gasteiger partial charge in [0.25, 0.3) is 0 Å². The Morgan fingerprint density at radius 1 is 1.24 bits per heavy atom. The Labute approximate surface area is 98.5 Å². The molecule has 2 heterocycles. The second kappa shape index (κ2) is 3.55. The highest BCUT2D eigenvalue weighted by molar-refractivity contribution is 6.21. The summed E-state index contributed by atoms with van der Waals surface area (Å²) in [6.45, 7) is 1.84. The number of hydrogen-bond donors (Lipinski definition) is 1. The second-order valence-electron chi connectivity index (χ2n) is 4.58. The number of fused-ring (bicyclic) bond motifs is 1. The lowest BCUT2D eigenvalue weighted by Gasteiger charge is -2.14. The van der Waals surface area contributed by atoms with Crippen molar-refractivity contribution in [3.63, 3.8) is 0 Å². The van der Waals surface area contributed by atoms with E-state index in [9.17, 15) is 9.59 Å². The first-order valence-corrected chi connectivity index (χ1v) is 5.73. The summed E-state index contributed by atoms with van der Waals surface area (Å²) in [4.78, 5) is 25.6. The molecule has 0 spiro atoms. The van der Waals surface area contributed by atoms with Crippen LogP contribution in [0.25, 0.3) is 0 Å². The van der Waals surface area contributed by atoms with E-state index in [1.807, 2.05) is 19.1 Å². The fourth-order valence-corrected chi connectivity index (χ4v) is 2.54. The lowest BCUT2D eigenvalue weighted by Crippen LogP contribution is -2.31. The van der Waals surface area contributed by atoms with Gasteiger partial charge in [-0.2, -0.15) is 5.10 Å². The lowest BCUT2D eigenvalue weighted by molar-refractivity contribution is -0.122. The number of nitrogens with one attached hydrogen (secondary N) is 1. The molecule has 5 nitrogen and oxygen atoms in total. The number of hydrogen-bond acceptors (Lipinski definition) is 3. The monoisotopic (exact) mass is 231 g/mol. The van der Waals surface area contributed by atoms with Crippen LogP contribution in [0.2, 0.25) is 0 Å². The molecule has 0 saturated carbocycles. The largest absolute Gasteiger partial charge is 0.281 e. The van der Waals surface area contributed by atoms with Crippen molar-refractivity contribution in [1.82, 2.24) is 10.2 Å². The maximum Gasteiger partial charge on any atom is 0.239 e. The van der Waals surface area contributed by atoms with E-state index in [-0.39, 0.29) is 23.7 Å². The number of rotatable bonds is 1. The van der Waals surface area contributed by atoms with Crippen LogP contribution in [0.1, 0.15) is 18.5 Å². The Balaban J connectivity index is 1.97. The molecule has 1 saturated heterocycles. The fourth-order valence-electron chi connectivity index (χ4n) is 2.54. The van der Waals surface area contributed by atoms with E-state index in [0.717, 1.165) is 5.69 Å². The molecular formula is C12H13N3O2. The molecule has 1 fully saturated rings. The van der Waals surface area contributed by atoms with Gasteiger partial charge in [0.15, 0.2) is 5.82 Å². The minimum absolute atomic E-state index is 0.115. The highest BCUT2D eigenvalue weighted by Gasteiger charge is 2.48. The molecule has 3 rings (SSSR count). The number of aryl methyl sites for hydroxylation is 1. The van der Waals surface area contributed by atoms with E-state index in [1.165, 1.54) is 4.90 Å². The number of amides is 2. The summed E-state index contributed by atoms with van der Waals surface area (Å²) < 4.78 is 0. The molecule has 0 unspecified atom stereocenters.